The Balaban J connectivity index is 1.08. The summed E-state index contributed by atoms with van der Waals surface area (Å²) in [5.41, 5.74) is 10.9. The van der Waals surface area contributed by atoms with Crippen LogP contribution >= 0.6 is 0 Å². The Labute approximate surface area is 287 Å². The number of hydrogen-bond donors (Lipinski definition) is 0. The van der Waals surface area contributed by atoms with Gasteiger partial charge in [-0.3, -0.25) is 8.97 Å². The molecule has 4 heteroatoms. The van der Waals surface area contributed by atoms with Gasteiger partial charge in [-0.15, -0.1) is 0 Å². The minimum atomic E-state index is 0.833. The van der Waals surface area contributed by atoms with Crippen molar-refractivity contribution in [1.82, 2.24) is 18.9 Å². The maximum absolute atomic E-state index is 5.31. The molecule has 11 aromatic rings. The van der Waals surface area contributed by atoms with Gasteiger partial charge in [-0.1, -0.05) is 109 Å². The van der Waals surface area contributed by atoms with E-state index in [2.05, 4.69) is 167 Å². The summed E-state index contributed by atoms with van der Waals surface area (Å²) in [6, 6.07) is 60.9. The van der Waals surface area contributed by atoms with Crippen molar-refractivity contribution in [3.8, 4) is 28.2 Å². The lowest BCUT2D eigenvalue weighted by molar-refractivity contribution is 0.979. The van der Waals surface area contributed by atoms with E-state index in [0.717, 1.165) is 44.6 Å². The molecule has 0 spiro atoms. The van der Waals surface area contributed by atoms with E-state index in [9.17, 15) is 0 Å². The van der Waals surface area contributed by atoms with Crippen LogP contribution in [0.1, 0.15) is 0 Å². The molecule has 4 nitrogen and oxygen atoms in total. The van der Waals surface area contributed by atoms with Crippen LogP contribution in [0.15, 0.2) is 170 Å². The van der Waals surface area contributed by atoms with Crippen LogP contribution in [0.2, 0.25) is 0 Å². The van der Waals surface area contributed by atoms with Crippen molar-refractivity contribution < 1.29 is 0 Å². The fourth-order valence-corrected chi connectivity index (χ4v) is 7.82. The molecule has 232 valence electrons. The Morgan fingerprint density at radius 3 is 1.62 bits per heavy atom. The van der Waals surface area contributed by atoms with Crippen molar-refractivity contribution in [3.05, 3.63) is 170 Å². The van der Waals surface area contributed by atoms with Crippen LogP contribution in [0.5, 0.6) is 0 Å². The standard InChI is InChI=1S/C46H28N4/c1-2-10-30-25-31(18-17-29(30)9-1)32-19-20-34-27-35(22-21-33(34)26-32)36-23-24-43-39(28-36)37-11-4-7-15-42(37)49(43)46-48-40-13-5-3-12-38(40)45-47-41-14-6-8-16-44(41)50(45)46/h1-28H. The first-order valence-electron chi connectivity index (χ1n) is 17.0. The number of aromatic nitrogens is 4. The zero-order valence-corrected chi connectivity index (χ0v) is 27.0. The second-order valence-electron chi connectivity index (χ2n) is 13.1. The molecule has 0 aliphatic carbocycles. The Hall–Kier alpha value is -6.78. The molecule has 11 rings (SSSR count). The molecule has 0 bridgehead atoms. The molecule has 50 heavy (non-hydrogen) atoms. The second kappa shape index (κ2) is 10.4. The summed E-state index contributed by atoms with van der Waals surface area (Å²) in [6.07, 6.45) is 0. The summed E-state index contributed by atoms with van der Waals surface area (Å²) >= 11 is 0. The summed E-state index contributed by atoms with van der Waals surface area (Å²) in [5, 5.41) is 8.40. The van der Waals surface area contributed by atoms with E-state index >= 15 is 0 Å². The van der Waals surface area contributed by atoms with E-state index in [1.54, 1.807) is 0 Å². The van der Waals surface area contributed by atoms with E-state index in [4.69, 9.17) is 9.97 Å². The first kappa shape index (κ1) is 27.2. The number of benzene rings is 8. The average Bonchev–Trinajstić information content (AvgIpc) is 3.73. The number of fused-ring (bicyclic) bond motifs is 10. The van der Waals surface area contributed by atoms with E-state index in [0.29, 0.717) is 0 Å². The number of nitrogens with zero attached hydrogens (tertiary/aromatic N) is 4. The lowest BCUT2D eigenvalue weighted by Gasteiger charge is -2.12. The number of imidazole rings is 1. The highest BCUT2D eigenvalue weighted by molar-refractivity contribution is 6.11. The molecule has 3 heterocycles. The highest BCUT2D eigenvalue weighted by Gasteiger charge is 2.20. The maximum atomic E-state index is 5.31. The van der Waals surface area contributed by atoms with Gasteiger partial charge in [-0.25, -0.2) is 9.97 Å². The van der Waals surface area contributed by atoms with E-state index in [1.807, 2.05) is 12.1 Å². The van der Waals surface area contributed by atoms with Crippen LogP contribution in [-0.2, 0) is 0 Å². The largest absolute Gasteiger partial charge is 0.279 e. The molecule has 0 fully saturated rings. The van der Waals surface area contributed by atoms with Gasteiger partial charge in [0, 0.05) is 16.2 Å². The zero-order chi connectivity index (χ0) is 32.8. The number of para-hydroxylation sites is 4. The van der Waals surface area contributed by atoms with E-state index in [-0.39, 0.29) is 0 Å². The molecular formula is C46H28N4. The Kier molecular flexibility index (Phi) is 5.63. The van der Waals surface area contributed by atoms with Gasteiger partial charge in [-0.05, 0) is 104 Å². The Morgan fingerprint density at radius 1 is 0.340 bits per heavy atom. The number of rotatable bonds is 3. The van der Waals surface area contributed by atoms with Gasteiger partial charge in [-0.2, -0.15) is 0 Å². The van der Waals surface area contributed by atoms with Crippen LogP contribution in [0.4, 0.5) is 0 Å². The molecule has 0 aliphatic heterocycles. The molecule has 0 atom stereocenters. The second-order valence-corrected chi connectivity index (χ2v) is 13.1. The molecule has 0 N–H and O–H groups in total. The fourth-order valence-electron chi connectivity index (χ4n) is 7.82. The summed E-state index contributed by atoms with van der Waals surface area (Å²) in [6.45, 7) is 0. The summed E-state index contributed by atoms with van der Waals surface area (Å²) in [4.78, 5) is 10.4. The highest BCUT2D eigenvalue weighted by Crippen LogP contribution is 2.37. The third-order valence-electron chi connectivity index (χ3n) is 10.3. The molecule has 0 saturated heterocycles. The summed E-state index contributed by atoms with van der Waals surface area (Å²) in [7, 11) is 0. The van der Waals surface area contributed by atoms with Gasteiger partial charge in [0.15, 0.2) is 0 Å². The van der Waals surface area contributed by atoms with Crippen molar-refractivity contribution in [1.29, 1.82) is 0 Å². The molecule has 3 aromatic heterocycles. The molecule has 0 amide bonds. The quantitative estimate of drug-likeness (QED) is 0.193. The van der Waals surface area contributed by atoms with Crippen molar-refractivity contribution >= 4 is 70.9 Å². The predicted molar refractivity (Wildman–Crippen MR) is 208 cm³/mol. The van der Waals surface area contributed by atoms with Crippen LogP contribution in [0, 0.1) is 0 Å². The van der Waals surface area contributed by atoms with Crippen molar-refractivity contribution in [3.63, 3.8) is 0 Å². The van der Waals surface area contributed by atoms with Gasteiger partial charge in [0.25, 0.3) is 0 Å². The molecule has 0 saturated carbocycles. The average molecular weight is 637 g/mol. The smallest absolute Gasteiger partial charge is 0.221 e. The molecule has 0 unspecified atom stereocenters. The topological polar surface area (TPSA) is 35.1 Å². The normalized spacial score (nSPS) is 12.0. The Bertz CT molecular complexity index is 3160. The fraction of sp³-hybridized carbons (Fsp3) is 0. The van der Waals surface area contributed by atoms with Crippen molar-refractivity contribution in [2.75, 3.05) is 0 Å². The SMILES string of the molecule is c1ccc2cc(-c3ccc4cc(-c5ccc6c(c5)c5ccccc5n6-c5nc6ccccc6c6nc7ccccc7n56)ccc4c3)ccc2c1. The Morgan fingerprint density at radius 2 is 0.860 bits per heavy atom. The van der Waals surface area contributed by atoms with Gasteiger partial charge in [0.05, 0.1) is 27.6 Å². The number of hydrogen-bond acceptors (Lipinski definition) is 2. The third kappa shape index (κ3) is 3.99. The monoisotopic (exact) mass is 636 g/mol. The van der Waals surface area contributed by atoms with Gasteiger partial charge in [0.2, 0.25) is 5.95 Å². The van der Waals surface area contributed by atoms with Gasteiger partial charge >= 0.3 is 0 Å². The summed E-state index contributed by atoms with van der Waals surface area (Å²) in [5.74, 6) is 0.833. The minimum Gasteiger partial charge on any atom is -0.279 e. The van der Waals surface area contributed by atoms with Gasteiger partial charge < -0.3 is 0 Å². The highest BCUT2D eigenvalue weighted by atomic mass is 15.2. The first-order valence-corrected chi connectivity index (χ1v) is 17.0. The van der Waals surface area contributed by atoms with Crippen molar-refractivity contribution in [2.24, 2.45) is 0 Å². The lowest BCUT2D eigenvalue weighted by atomic mass is 9.96. The zero-order valence-electron chi connectivity index (χ0n) is 27.0. The summed E-state index contributed by atoms with van der Waals surface area (Å²) < 4.78 is 4.52. The lowest BCUT2D eigenvalue weighted by Crippen LogP contribution is -2.06. The van der Waals surface area contributed by atoms with Gasteiger partial charge in [0.1, 0.15) is 5.65 Å². The van der Waals surface area contributed by atoms with Crippen molar-refractivity contribution in [2.45, 2.75) is 0 Å². The molecule has 0 radical (unpaired) electrons. The molecule has 0 aliphatic rings. The molecule has 8 aromatic carbocycles. The molecular weight excluding hydrogens is 609 g/mol. The van der Waals surface area contributed by atoms with E-state index in [1.165, 1.54) is 54.6 Å². The van der Waals surface area contributed by atoms with Crippen LogP contribution in [0.3, 0.4) is 0 Å². The predicted octanol–water partition coefficient (Wildman–Crippen LogP) is 11.8. The first-order chi connectivity index (χ1) is 24.8. The van der Waals surface area contributed by atoms with E-state index < -0.39 is 0 Å². The third-order valence-corrected chi connectivity index (χ3v) is 10.3. The van der Waals surface area contributed by atoms with Crippen LogP contribution in [0.25, 0.3) is 99.1 Å². The van der Waals surface area contributed by atoms with Crippen LogP contribution < -0.4 is 0 Å². The minimum absolute atomic E-state index is 0.833. The van der Waals surface area contributed by atoms with Crippen LogP contribution in [-0.4, -0.2) is 18.9 Å². The maximum Gasteiger partial charge on any atom is 0.221 e.